The van der Waals surface area contributed by atoms with E-state index in [-0.39, 0.29) is 0 Å². The highest BCUT2D eigenvalue weighted by Crippen LogP contribution is 2.13. The second-order valence-electron chi connectivity index (χ2n) is 8.56. The highest BCUT2D eigenvalue weighted by molar-refractivity contribution is 5.66. The van der Waals surface area contributed by atoms with Gasteiger partial charge in [-0.3, -0.25) is 4.79 Å². The fourth-order valence-corrected chi connectivity index (χ4v) is 3.76. The Labute approximate surface area is 176 Å². The van der Waals surface area contributed by atoms with Gasteiger partial charge in [-0.15, -0.1) is 0 Å². The molecule has 0 atom stereocenters. The SMILES string of the molecule is CCCCCCCCCC/C=C\CCCCCCCCCCCCCC(=O)O. The zero-order chi connectivity index (χ0) is 20.5. The molecule has 0 spiro atoms. The number of allylic oxidation sites excluding steroid dienone is 2. The third-order valence-corrected chi connectivity index (χ3v) is 5.65. The van der Waals surface area contributed by atoms with Crippen molar-refractivity contribution in [3.05, 3.63) is 12.2 Å². The maximum Gasteiger partial charge on any atom is 0.303 e. The van der Waals surface area contributed by atoms with Crippen molar-refractivity contribution in [2.45, 2.75) is 148 Å². The van der Waals surface area contributed by atoms with E-state index >= 15 is 0 Å². The molecule has 28 heavy (non-hydrogen) atoms. The van der Waals surface area contributed by atoms with Gasteiger partial charge in [0.05, 0.1) is 0 Å². The van der Waals surface area contributed by atoms with Crippen molar-refractivity contribution in [2.75, 3.05) is 0 Å². The number of aliphatic carboxylic acids is 1. The van der Waals surface area contributed by atoms with Crippen LogP contribution in [0.2, 0.25) is 0 Å². The van der Waals surface area contributed by atoms with Crippen molar-refractivity contribution < 1.29 is 9.90 Å². The van der Waals surface area contributed by atoms with Crippen LogP contribution in [0.5, 0.6) is 0 Å². The molecule has 0 rings (SSSR count). The Morgan fingerprint density at radius 1 is 0.536 bits per heavy atom. The lowest BCUT2D eigenvalue weighted by atomic mass is 10.0. The molecular weight excluding hydrogens is 344 g/mol. The van der Waals surface area contributed by atoms with E-state index < -0.39 is 5.97 Å². The first kappa shape index (κ1) is 27.2. The largest absolute Gasteiger partial charge is 0.481 e. The van der Waals surface area contributed by atoms with Gasteiger partial charge in [0.25, 0.3) is 0 Å². The predicted octanol–water partition coefficient (Wildman–Crippen LogP) is 9.23. The zero-order valence-electron chi connectivity index (χ0n) is 19.1. The average molecular weight is 395 g/mol. The summed E-state index contributed by atoms with van der Waals surface area (Å²) < 4.78 is 0. The van der Waals surface area contributed by atoms with E-state index in [9.17, 15) is 4.79 Å². The minimum Gasteiger partial charge on any atom is -0.481 e. The summed E-state index contributed by atoms with van der Waals surface area (Å²) in [5.41, 5.74) is 0. The summed E-state index contributed by atoms with van der Waals surface area (Å²) in [6.07, 6.45) is 33.0. The lowest BCUT2D eigenvalue weighted by Gasteiger charge is -2.02. The van der Waals surface area contributed by atoms with Crippen molar-refractivity contribution in [3.63, 3.8) is 0 Å². The Balaban J connectivity index is 3.07. The molecule has 0 fully saturated rings. The molecule has 0 bridgehead atoms. The number of carboxylic acids is 1. The zero-order valence-corrected chi connectivity index (χ0v) is 19.1. The highest BCUT2D eigenvalue weighted by Gasteiger charge is 1.97. The van der Waals surface area contributed by atoms with Crippen LogP contribution in [-0.2, 0) is 4.79 Å². The van der Waals surface area contributed by atoms with Crippen LogP contribution in [0.3, 0.4) is 0 Å². The van der Waals surface area contributed by atoms with Gasteiger partial charge in [0.15, 0.2) is 0 Å². The van der Waals surface area contributed by atoms with Gasteiger partial charge in [0, 0.05) is 6.42 Å². The standard InChI is InChI=1S/C26H50O2/c1-2-3-4-5-6-7-8-9-10-11-12-13-14-15-16-17-18-19-20-21-22-23-24-25-26(27)28/h11-12H,2-10,13-25H2,1H3,(H,27,28)/b12-11-. The van der Waals surface area contributed by atoms with E-state index in [1.165, 1.54) is 122 Å². The van der Waals surface area contributed by atoms with Crippen LogP contribution in [0.4, 0.5) is 0 Å². The molecule has 0 heterocycles. The van der Waals surface area contributed by atoms with Crippen molar-refractivity contribution >= 4 is 5.97 Å². The third kappa shape index (κ3) is 25.2. The van der Waals surface area contributed by atoms with Crippen molar-refractivity contribution in [1.29, 1.82) is 0 Å². The number of carboxylic acid groups (broad SMARTS) is 1. The van der Waals surface area contributed by atoms with Gasteiger partial charge in [-0.25, -0.2) is 0 Å². The summed E-state index contributed by atoms with van der Waals surface area (Å²) in [7, 11) is 0. The minimum atomic E-state index is -0.654. The molecule has 0 saturated heterocycles. The molecule has 0 aliphatic carbocycles. The predicted molar refractivity (Wildman–Crippen MR) is 124 cm³/mol. The van der Waals surface area contributed by atoms with Crippen LogP contribution >= 0.6 is 0 Å². The van der Waals surface area contributed by atoms with E-state index in [1.807, 2.05) is 0 Å². The summed E-state index contributed by atoms with van der Waals surface area (Å²) in [4.78, 5) is 10.4. The maximum atomic E-state index is 10.4. The van der Waals surface area contributed by atoms with Crippen LogP contribution in [0.15, 0.2) is 12.2 Å². The van der Waals surface area contributed by atoms with E-state index in [1.54, 1.807) is 0 Å². The van der Waals surface area contributed by atoms with Crippen LogP contribution in [0, 0.1) is 0 Å². The number of hydrogen-bond acceptors (Lipinski definition) is 1. The Bertz CT molecular complexity index is 335. The van der Waals surface area contributed by atoms with Crippen LogP contribution in [0.1, 0.15) is 148 Å². The normalized spacial score (nSPS) is 11.5. The molecule has 0 aromatic heterocycles. The molecule has 0 aromatic carbocycles. The van der Waals surface area contributed by atoms with Crippen molar-refractivity contribution in [2.24, 2.45) is 0 Å². The Morgan fingerprint density at radius 2 is 0.857 bits per heavy atom. The van der Waals surface area contributed by atoms with E-state index in [2.05, 4.69) is 19.1 Å². The molecule has 2 nitrogen and oxygen atoms in total. The van der Waals surface area contributed by atoms with Gasteiger partial charge < -0.3 is 5.11 Å². The molecule has 0 amide bonds. The molecule has 166 valence electrons. The lowest BCUT2D eigenvalue weighted by molar-refractivity contribution is -0.137. The van der Waals surface area contributed by atoms with Gasteiger partial charge in [-0.1, -0.05) is 122 Å². The molecule has 0 aliphatic rings. The van der Waals surface area contributed by atoms with Gasteiger partial charge in [-0.05, 0) is 32.1 Å². The Hall–Kier alpha value is -0.790. The molecule has 1 N–H and O–H groups in total. The Kier molecular flexibility index (Phi) is 23.6. The smallest absolute Gasteiger partial charge is 0.303 e. The van der Waals surface area contributed by atoms with Crippen molar-refractivity contribution in [3.8, 4) is 0 Å². The summed E-state index contributed by atoms with van der Waals surface area (Å²) in [5.74, 6) is -0.654. The first-order chi connectivity index (χ1) is 13.8. The quantitative estimate of drug-likeness (QED) is 0.138. The average Bonchev–Trinajstić information content (AvgIpc) is 2.68. The van der Waals surface area contributed by atoms with Crippen LogP contribution < -0.4 is 0 Å². The minimum absolute atomic E-state index is 0.342. The lowest BCUT2D eigenvalue weighted by Crippen LogP contribution is -1.93. The molecule has 0 saturated carbocycles. The van der Waals surface area contributed by atoms with Gasteiger partial charge in [0.1, 0.15) is 0 Å². The van der Waals surface area contributed by atoms with Gasteiger partial charge in [-0.2, -0.15) is 0 Å². The third-order valence-electron chi connectivity index (χ3n) is 5.65. The molecule has 0 aliphatic heterocycles. The van der Waals surface area contributed by atoms with Crippen molar-refractivity contribution in [1.82, 2.24) is 0 Å². The highest BCUT2D eigenvalue weighted by atomic mass is 16.4. The Morgan fingerprint density at radius 3 is 1.21 bits per heavy atom. The number of rotatable bonds is 23. The summed E-state index contributed by atoms with van der Waals surface area (Å²) in [6.45, 7) is 2.28. The first-order valence-corrected chi connectivity index (χ1v) is 12.6. The van der Waals surface area contributed by atoms with E-state index in [0.717, 1.165) is 12.8 Å². The monoisotopic (exact) mass is 394 g/mol. The van der Waals surface area contributed by atoms with Crippen LogP contribution in [-0.4, -0.2) is 11.1 Å². The second kappa shape index (κ2) is 24.2. The van der Waals surface area contributed by atoms with Crippen LogP contribution in [0.25, 0.3) is 0 Å². The molecular formula is C26H50O2. The van der Waals surface area contributed by atoms with Gasteiger partial charge >= 0.3 is 5.97 Å². The first-order valence-electron chi connectivity index (χ1n) is 12.6. The number of unbranched alkanes of at least 4 members (excludes halogenated alkanes) is 19. The number of carbonyl (C=O) groups is 1. The second-order valence-corrected chi connectivity index (χ2v) is 8.56. The fraction of sp³-hybridized carbons (Fsp3) is 0.885. The number of hydrogen-bond donors (Lipinski definition) is 1. The summed E-state index contributed by atoms with van der Waals surface area (Å²) in [6, 6.07) is 0. The summed E-state index contributed by atoms with van der Waals surface area (Å²) >= 11 is 0. The fourth-order valence-electron chi connectivity index (χ4n) is 3.76. The summed E-state index contributed by atoms with van der Waals surface area (Å²) in [5, 5.41) is 8.58. The van der Waals surface area contributed by atoms with E-state index in [4.69, 9.17) is 5.11 Å². The molecule has 0 aromatic rings. The van der Waals surface area contributed by atoms with Gasteiger partial charge in [0.2, 0.25) is 0 Å². The van der Waals surface area contributed by atoms with E-state index in [0.29, 0.717) is 6.42 Å². The topological polar surface area (TPSA) is 37.3 Å². The molecule has 0 unspecified atom stereocenters. The maximum absolute atomic E-state index is 10.4. The molecule has 0 radical (unpaired) electrons. The molecule has 2 heteroatoms.